The second-order valence-corrected chi connectivity index (χ2v) is 9.67. The van der Waals surface area contributed by atoms with Gasteiger partial charge in [0.05, 0.1) is 13.2 Å². The maximum absolute atomic E-state index is 12.9. The molecule has 0 aliphatic rings. The molecule has 2 aromatic carbocycles. The molecule has 1 aromatic heterocycles. The molecule has 2 atom stereocenters. The van der Waals surface area contributed by atoms with Crippen LogP contribution in [0, 0.1) is 5.92 Å². The molecule has 0 saturated heterocycles. The molecule has 1 heterocycles. The van der Waals surface area contributed by atoms with Crippen LogP contribution in [-0.2, 0) is 19.6 Å². The predicted octanol–water partition coefficient (Wildman–Crippen LogP) is 3.62. The van der Waals surface area contributed by atoms with Gasteiger partial charge in [-0.3, -0.25) is 9.59 Å². The minimum Gasteiger partial charge on any atom is -0.497 e. The summed E-state index contributed by atoms with van der Waals surface area (Å²) in [5.41, 5.74) is 1.02. The molecule has 7 nitrogen and oxygen atoms in total. The number of nitrogens with one attached hydrogen (secondary N) is 2. The normalized spacial score (nSPS) is 13.2. The molecular weight excluding hydrogens is 436 g/mol. The molecule has 0 radical (unpaired) electrons. The number of Topliss-reactive ketones (excluding diaryl/α,β-unsaturated/α-hetero) is 1. The van der Waals surface area contributed by atoms with Gasteiger partial charge in [-0.1, -0.05) is 43.3 Å². The van der Waals surface area contributed by atoms with Gasteiger partial charge in [0.2, 0.25) is 5.78 Å². The van der Waals surface area contributed by atoms with Crippen molar-refractivity contribution >= 4 is 38.7 Å². The van der Waals surface area contributed by atoms with E-state index in [2.05, 4.69) is 10.0 Å². The fraction of sp³-hybridized carbons (Fsp3) is 0.182. The SMILES string of the molecule is COc1ccc([C@H](NS(=O)(=O)c2cccs2)[C@@H](C)C(=O)C(=O)Nc2ccccc2)cc1. The fourth-order valence-corrected chi connectivity index (χ4v) is 5.30. The van der Waals surface area contributed by atoms with E-state index in [9.17, 15) is 18.0 Å². The number of amides is 1. The van der Waals surface area contributed by atoms with Crippen molar-refractivity contribution in [3.05, 3.63) is 77.7 Å². The molecule has 0 aliphatic carbocycles. The number of rotatable bonds is 9. The molecule has 1 amide bonds. The van der Waals surface area contributed by atoms with Crippen molar-refractivity contribution in [3.8, 4) is 5.75 Å². The first-order valence-electron chi connectivity index (χ1n) is 9.42. The summed E-state index contributed by atoms with van der Waals surface area (Å²) in [5, 5.41) is 4.21. The Morgan fingerprint density at radius 1 is 0.968 bits per heavy atom. The third kappa shape index (κ3) is 5.57. The number of hydrogen-bond acceptors (Lipinski definition) is 6. The number of anilines is 1. The predicted molar refractivity (Wildman–Crippen MR) is 120 cm³/mol. The first kappa shape index (κ1) is 22.7. The van der Waals surface area contributed by atoms with E-state index in [4.69, 9.17) is 4.74 Å². The van der Waals surface area contributed by atoms with Crippen LogP contribution in [0.3, 0.4) is 0 Å². The number of ether oxygens (including phenoxy) is 1. The Hall–Kier alpha value is -3.01. The summed E-state index contributed by atoms with van der Waals surface area (Å²) in [7, 11) is -2.37. The van der Waals surface area contributed by atoms with Crippen LogP contribution in [0.5, 0.6) is 5.75 Å². The van der Waals surface area contributed by atoms with Crippen LogP contribution in [0.2, 0.25) is 0 Å². The van der Waals surface area contributed by atoms with E-state index in [1.807, 2.05) is 0 Å². The second kappa shape index (κ2) is 9.86. The molecule has 0 bridgehead atoms. The monoisotopic (exact) mass is 458 g/mol. The van der Waals surface area contributed by atoms with E-state index in [0.717, 1.165) is 11.3 Å². The highest BCUT2D eigenvalue weighted by atomic mass is 32.2. The molecule has 3 aromatic rings. The standard InChI is InChI=1S/C22H22N2O5S2/c1-15(21(25)22(26)23-17-7-4-3-5-8-17)20(16-10-12-18(29-2)13-11-16)24-31(27,28)19-9-6-14-30-19/h3-15,20,24H,1-2H3,(H,23,26)/t15-,20-/m1/s1. The van der Waals surface area contributed by atoms with Crippen molar-refractivity contribution in [1.29, 1.82) is 0 Å². The van der Waals surface area contributed by atoms with Gasteiger partial charge in [0, 0.05) is 11.6 Å². The molecule has 9 heteroatoms. The van der Waals surface area contributed by atoms with E-state index in [1.165, 1.54) is 20.1 Å². The van der Waals surface area contributed by atoms with Gasteiger partial charge in [-0.2, -0.15) is 0 Å². The number of ketones is 1. The molecule has 0 fully saturated rings. The number of thiophene rings is 1. The highest BCUT2D eigenvalue weighted by Gasteiger charge is 2.33. The summed E-state index contributed by atoms with van der Waals surface area (Å²) in [6.07, 6.45) is 0. The lowest BCUT2D eigenvalue weighted by Crippen LogP contribution is -2.39. The van der Waals surface area contributed by atoms with Gasteiger partial charge in [-0.15, -0.1) is 11.3 Å². The van der Waals surface area contributed by atoms with Crippen LogP contribution in [0.15, 0.2) is 76.3 Å². The van der Waals surface area contributed by atoms with E-state index >= 15 is 0 Å². The molecule has 162 valence electrons. The van der Waals surface area contributed by atoms with Gasteiger partial charge in [-0.25, -0.2) is 13.1 Å². The lowest BCUT2D eigenvalue weighted by Gasteiger charge is -2.24. The maximum Gasteiger partial charge on any atom is 0.292 e. The van der Waals surface area contributed by atoms with Crippen molar-refractivity contribution in [2.24, 2.45) is 5.92 Å². The van der Waals surface area contributed by atoms with Crippen LogP contribution < -0.4 is 14.8 Å². The van der Waals surface area contributed by atoms with Gasteiger partial charge >= 0.3 is 0 Å². The van der Waals surface area contributed by atoms with E-state index in [0.29, 0.717) is 17.0 Å². The highest BCUT2D eigenvalue weighted by molar-refractivity contribution is 7.91. The lowest BCUT2D eigenvalue weighted by atomic mass is 9.91. The molecule has 3 rings (SSSR count). The smallest absolute Gasteiger partial charge is 0.292 e. The Morgan fingerprint density at radius 3 is 2.23 bits per heavy atom. The van der Waals surface area contributed by atoms with Gasteiger partial charge < -0.3 is 10.1 Å². The largest absolute Gasteiger partial charge is 0.497 e. The molecule has 0 unspecified atom stereocenters. The third-order valence-electron chi connectivity index (χ3n) is 4.69. The van der Waals surface area contributed by atoms with Crippen molar-refractivity contribution < 1.29 is 22.7 Å². The Morgan fingerprint density at radius 2 is 1.65 bits per heavy atom. The summed E-state index contributed by atoms with van der Waals surface area (Å²) in [6.45, 7) is 1.53. The van der Waals surface area contributed by atoms with Gasteiger partial charge in [0.1, 0.15) is 9.96 Å². The Bertz CT molecular complexity index is 1130. The number of benzene rings is 2. The zero-order valence-electron chi connectivity index (χ0n) is 16.9. The number of hydrogen-bond donors (Lipinski definition) is 2. The summed E-state index contributed by atoms with van der Waals surface area (Å²) in [5.74, 6) is -1.93. The number of sulfonamides is 1. The number of carbonyl (C=O) groups is 2. The van der Waals surface area contributed by atoms with Gasteiger partial charge in [0.15, 0.2) is 0 Å². The fourth-order valence-electron chi connectivity index (χ4n) is 2.98. The summed E-state index contributed by atoms with van der Waals surface area (Å²) in [6, 6.07) is 17.4. The van der Waals surface area contributed by atoms with Crippen LogP contribution >= 0.6 is 11.3 Å². The minimum absolute atomic E-state index is 0.124. The Balaban J connectivity index is 1.88. The molecule has 2 N–H and O–H groups in total. The van der Waals surface area contributed by atoms with Gasteiger partial charge in [-0.05, 0) is 41.3 Å². The number of para-hydroxylation sites is 1. The van der Waals surface area contributed by atoms with Crippen molar-refractivity contribution in [1.82, 2.24) is 4.72 Å². The second-order valence-electron chi connectivity index (χ2n) is 6.78. The number of methoxy groups -OCH3 is 1. The third-order valence-corrected chi connectivity index (χ3v) is 7.52. The first-order chi connectivity index (χ1) is 14.8. The molecule has 0 spiro atoms. The quantitative estimate of drug-likeness (QED) is 0.477. The van der Waals surface area contributed by atoms with E-state index in [1.54, 1.807) is 66.0 Å². The zero-order valence-corrected chi connectivity index (χ0v) is 18.6. The average molecular weight is 459 g/mol. The Kier molecular flexibility index (Phi) is 7.21. The molecular formula is C22H22N2O5S2. The maximum atomic E-state index is 12.9. The summed E-state index contributed by atoms with van der Waals surface area (Å²) >= 11 is 1.07. The molecule has 31 heavy (non-hydrogen) atoms. The van der Waals surface area contributed by atoms with Crippen molar-refractivity contribution in [2.45, 2.75) is 17.2 Å². The first-order valence-corrected chi connectivity index (χ1v) is 11.8. The summed E-state index contributed by atoms with van der Waals surface area (Å²) in [4.78, 5) is 25.4. The van der Waals surface area contributed by atoms with Crippen LogP contribution in [0.1, 0.15) is 18.5 Å². The average Bonchev–Trinajstić information content (AvgIpc) is 3.33. The minimum atomic E-state index is -3.89. The van der Waals surface area contributed by atoms with Crippen LogP contribution in [-0.4, -0.2) is 27.2 Å². The highest BCUT2D eigenvalue weighted by Crippen LogP contribution is 2.28. The Labute approximate surface area is 185 Å². The topological polar surface area (TPSA) is 102 Å². The number of carbonyl (C=O) groups excluding carboxylic acids is 2. The van der Waals surface area contributed by atoms with Crippen molar-refractivity contribution in [2.75, 3.05) is 12.4 Å². The van der Waals surface area contributed by atoms with E-state index in [-0.39, 0.29) is 4.21 Å². The van der Waals surface area contributed by atoms with Crippen molar-refractivity contribution in [3.63, 3.8) is 0 Å². The van der Waals surface area contributed by atoms with Crippen LogP contribution in [0.4, 0.5) is 5.69 Å². The summed E-state index contributed by atoms with van der Waals surface area (Å²) < 4.78 is 33.6. The molecule has 0 saturated carbocycles. The lowest BCUT2D eigenvalue weighted by molar-refractivity contribution is -0.137. The van der Waals surface area contributed by atoms with Crippen LogP contribution in [0.25, 0.3) is 0 Å². The van der Waals surface area contributed by atoms with Gasteiger partial charge in [0.25, 0.3) is 15.9 Å². The molecule has 0 aliphatic heterocycles. The van der Waals surface area contributed by atoms with E-state index < -0.39 is 33.7 Å². The zero-order chi connectivity index (χ0) is 22.4.